The number of nitrogens with one attached hydrogen (secondary N) is 1. The molecule has 1 saturated heterocycles. The van der Waals surface area contributed by atoms with Crippen LogP contribution in [0.25, 0.3) is 10.8 Å². The maximum Gasteiger partial charge on any atom is 0.328 e. The monoisotopic (exact) mass is 396 g/mol. The molecule has 2 aromatic rings. The Labute approximate surface area is 169 Å². The second kappa shape index (κ2) is 9.41. The number of ether oxygens (including phenoxy) is 1. The number of rotatable bonds is 6. The molecule has 2 aromatic carbocycles. The van der Waals surface area contributed by atoms with Gasteiger partial charge in [0.05, 0.1) is 7.11 Å². The summed E-state index contributed by atoms with van der Waals surface area (Å²) < 4.78 is 4.93. The van der Waals surface area contributed by atoms with Crippen LogP contribution in [-0.4, -0.2) is 62.7 Å². The van der Waals surface area contributed by atoms with Gasteiger partial charge >= 0.3 is 5.97 Å². The van der Waals surface area contributed by atoms with Gasteiger partial charge in [0, 0.05) is 13.0 Å². The Balaban J connectivity index is 1.78. The van der Waals surface area contributed by atoms with E-state index in [4.69, 9.17) is 4.74 Å². The zero-order valence-electron chi connectivity index (χ0n) is 16.9. The van der Waals surface area contributed by atoms with Gasteiger partial charge in [-0.3, -0.25) is 9.69 Å². The molecule has 3 unspecified atom stereocenters. The molecule has 0 aliphatic carbocycles. The van der Waals surface area contributed by atoms with Gasteiger partial charge in [0.1, 0.15) is 29.4 Å². The van der Waals surface area contributed by atoms with Gasteiger partial charge in [-0.05, 0) is 29.8 Å². The van der Waals surface area contributed by atoms with Gasteiger partial charge in [-0.2, -0.15) is 0 Å². The average molecular weight is 396 g/mol. The largest absolute Gasteiger partial charge is 0.467 e. The van der Waals surface area contributed by atoms with E-state index < -0.39 is 18.1 Å². The summed E-state index contributed by atoms with van der Waals surface area (Å²) in [5.41, 5.74) is 0.945. The van der Waals surface area contributed by atoms with Crippen LogP contribution in [0.1, 0.15) is 12.0 Å². The van der Waals surface area contributed by atoms with Crippen molar-refractivity contribution in [1.82, 2.24) is 15.1 Å². The lowest BCUT2D eigenvalue weighted by atomic mass is 10.0. The number of benzene rings is 2. The van der Waals surface area contributed by atoms with Crippen LogP contribution >= 0.6 is 0 Å². The number of likely N-dealkylation sites (N-methyl/N-ethyl adjacent to an activating group) is 1. The Hall–Kier alpha value is -3.09. The molecule has 1 aliphatic heterocycles. The molecule has 1 fully saturated rings. The highest BCUT2D eigenvalue weighted by Gasteiger charge is 2.41. The molecule has 8 heteroatoms. The standard InChI is InChI=1S/C21H25N5O3/c1-22-25-24-17-10-11-26(2)19(17)20(27)23-18(21(28)29-3)13-14-8-9-15-6-4-5-7-16(15)12-14/h4-9,12,17-19H,10-11,13H2,1-3H3/p+1. The fraction of sp³-hybridized carbons (Fsp3) is 0.429. The summed E-state index contributed by atoms with van der Waals surface area (Å²) in [4.78, 5) is 30.9. The predicted molar refractivity (Wildman–Crippen MR) is 109 cm³/mol. The van der Waals surface area contributed by atoms with Gasteiger partial charge in [-0.1, -0.05) is 42.5 Å². The molecule has 0 aromatic heterocycles. The smallest absolute Gasteiger partial charge is 0.328 e. The van der Waals surface area contributed by atoms with Crippen molar-refractivity contribution in [2.45, 2.75) is 31.0 Å². The van der Waals surface area contributed by atoms with Crippen molar-refractivity contribution in [1.29, 1.82) is 0 Å². The predicted octanol–water partition coefficient (Wildman–Crippen LogP) is 1.71. The SMILES string of the molecule is CN=[N+]=NC1CCN(C)C1C(=O)NC(Cc1ccc2ccccc2c1)C(=O)OC. The Morgan fingerprint density at radius 1 is 1.28 bits per heavy atom. The van der Waals surface area contributed by atoms with Crippen LogP contribution in [0.4, 0.5) is 0 Å². The highest BCUT2D eigenvalue weighted by atomic mass is 16.5. The molecular weight excluding hydrogens is 370 g/mol. The van der Waals surface area contributed by atoms with Crippen LogP contribution in [-0.2, 0) is 20.7 Å². The zero-order valence-corrected chi connectivity index (χ0v) is 16.9. The minimum Gasteiger partial charge on any atom is -0.467 e. The number of hydrogen-bond acceptors (Lipinski definition) is 6. The summed E-state index contributed by atoms with van der Waals surface area (Å²) in [6.07, 6.45) is 1.05. The van der Waals surface area contributed by atoms with E-state index in [9.17, 15) is 9.59 Å². The highest BCUT2D eigenvalue weighted by Crippen LogP contribution is 2.20. The number of likely N-dealkylation sites (tertiary alicyclic amines) is 1. The number of methoxy groups -OCH3 is 1. The van der Waals surface area contributed by atoms with E-state index in [1.807, 2.05) is 54.4 Å². The number of nitrogens with zero attached hydrogens (tertiary/aromatic N) is 4. The van der Waals surface area contributed by atoms with Crippen molar-refractivity contribution >= 4 is 22.6 Å². The van der Waals surface area contributed by atoms with E-state index in [0.29, 0.717) is 12.8 Å². The first-order chi connectivity index (χ1) is 14.0. The van der Waals surface area contributed by atoms with Gasteiger partial charge in [-0.25, -0.2) is 4.79 Å². The second-order valence-electron chi connectivity index (χ2n) is 7.16. The third-order valence-corrected chi connectivity index (χ3v) is 5.23. The first-order valence-electron chi connectivity index (χ1n) is 9.58. The van der Waals surface area contributed by atoms with Gasteiger partial charge in [0.25, 0.3) is 0 Å². The summed E-state index contributed by atoms with van der Waals surface area (Å²) in [5, 5.41) is 12.8. The van der Waals surface area contributed by atoms with Gasteiger partial charge in [0.15, 0.2) is 6.04 Å². The molecule has 1 amide bonds. The van der Waals surface area contributed by atoms with Crippen molar-refractivity contribution in [2.24, 2.45) is 10.2 Å². The van der Waals surface area contributed by atoms with Crippen LogP contribution in [0, 0.1) is 0 Å². The van der Waals surface area contributed by atoms with Gasteiger partial charge < -0.3 is 10.1 Å². The van der Waals surface area contributed by atoms with Crippen molar-refractivity contribution in [2.75, 3.05) is 27.7 Å². The van der Waals surface area contributed by atoms with Crippen LogP contribution in [0.15, 0.2) is 52.7 Å². The lowest BCUT2D eigenvalue weighted by Gasteiger charge is -2.23. The first-order valence-corrected chi connectivity index (χ1v) is 9.58. The lowest BCUT2D eigenvalue weighted by molar-refractivity contribution is -0.145. The Bertz CT molecular complexity index is 954. The average Bonchev–Trinajstić information content (AvgIpc) is 3.11. The molecule has 0 radical (unpaired) electrons. The summed E-state index contributed by atoms with van der Waals surface area (Å²) >= 11 is 0. The van der Waals surface area contributed by atoms with Crippen molar-refractivity contribution in [3.05, 3.63) is 48.0 Å². The molecule has 0 bridgehead atoms. The van der Waals surface area contributed by atoms with E-state index >= 15 is 0 Å². The number of hydrogen-bond donors (Lipinski definition) is 1. The fourth-order valence-corrected chi connectivity index (χ4v) is 3.73. The number of carbonyl (C=O) groups excluding carboxylic acids is 2. The molecule has 1 aliphatic rings. The third-order valence-electron chi connectivity index (χ3n) is 5.23. The number of esters is 1. The Morgan fingerprint density at radius 3 is 2.76 bits per heavy atom. The van der Waals surface area contributed by atoms with Crippen LogP contribution in [0.3, 0.4) is 0 Å². The number of amides is 1. The molecule has 1 N–H and O–H groups in total. The molecule has 0 spiro atoms. The summed E-state index contributed by atoms with van der Waals surface area (Å²) in [7, 11) is 4.72. The van der Waals surface area contributed by atoms with Gasteiger partial charge in [-0.15, -0.1) is 0 Å². The summed E-state index contributed by atoms with van der Waals surface area (Å²) in [6.45, 7) is 0.721. The maximum atomic E-state index is 13.0. The summed E-state index contributed by atoms with van der Waals surface area (Å²) in [5.74, 6) is -0.741. The van der Waals surface area contributed by atoms with Crippen LogP contribution in [0.5, 0.6) is 0 Å². The topological polar surface area (TPSA) is 97.5 Å². The Kier molecular flexibility index (Phi) is 6.69. The fourth-order valence-electron chi connectivity index (χ4n) is 3.73. The van der Waals surface area contributed by atoms with E-state index in [-0.39, 0.29) is 11.9 Å². The van der Waals surface area contributed by atoms with E-state index in [2.05, 4.69) is 20.5 Å². The van der Waals surface area contributed by atoms with Gasteiger partial charge in [0.2, 0.25) is 10.8 Å². The van der Waals surface area contributed by atoms with E-state index in [0.717, 1.165) is 22.9 Å². The van der Waals surface area contributed by atoms with Crippen molar-refractivity contribution < 1.29 is 14.3 Å². The number of carbonyl (C=O) groups is 2. The van der Waals surface area contributed by atoms with Crippen molar-refractivity contribution in [3.63, 3.8) is 0 Å². The van der Waals surface area contributed by atoms with Crippen LogP contribution in [0.2, 0.25) is 0 Å². The minimum absolute atomic E-state index is 0.263. The third kappa shape index (κ3) is 4.85. The Morgan fingerprint density at radius 2 is 2.03 bits per heavy atom. The molecule has 29 heavy (non-hydrogen) atoms. The van der Waals surface area contributed by atoms with E-state index in [1.165, 1.54) is 14.2 Å². The lowest BCUT2D eigenvalue weighted by Crippen LogP contribution is -2.52. The second-order valence-corrected chi connectivity index (χ2v) is 7.16. The summed E-state index contributed by atoms with van der Waals surface area (Å²) in [6, 6.07) is 12.4. The molecule has 3 atom stereocenters. The van der Waals surface area contributed by atoms with Crippen molar-refractivity contribution in [3.8, 4) is 0 Å². The maximum absolute atomic E-state index is 13.0. The minimum atomic E-state index is -0.781. The zero-order chi connectivity index (χ0) is 20.8. The molecule has 0 saturated carbocycles. The molecule has 3 rings (SSSR count). The van der Waals surface area contributed by atoms with E-state index in [1.54, 1.807) is 0 Å². The normalized spacial score (nSPS) is 20.0. The molecule has 1 heterocycles. The molecule has 8 nitrogen and oxygen atoms in total. The highest BCUT2D eigenvalue weighted by molar-refractivity contribution is 5.89. The molecular formula is C21H26N5O3+. The first kappa shape index (κ1) is 20.6. The quantitative estimate of drug-likeness (QED) is 0.457. The number of fused-ring (bicyclic) bond motifs is 1. The van der Waals surface area contributed by atoms with Crippen LogP contribution < -0.4 is 10.2 Å². The molecule has 152 valence electrons.